The molecule has 2 rings (SSSR count). The molecule has 1 aliphatic heterocycles. The first kappa shape index (κ1) is 14.8. The minimum atomic E-state index is -0.422. The fraction of sp³-hybridized carbons (Fsp3) is 0.385. The van der Waals surface area contributed by atoms with E-state index in [1.165, 1.54) is 23.1 Å². The van der Waals surface area contributed by atoms with Crippen LogP contribution in [0.25, 0.3) is 0 Å². The number of nitrogens with zero attached hydrogens (tertiary/aromatic N) is 1. The second kappa shape index (κ2) is 6.21. The van der Waals surface area contributed by atoms with Gasteiger partial charge in [0.15, 0.2) is 0 Å². The highest BCUT2D eigenvalue weighted by atomic mass is 79.9. The third kappa shape index (κ3) is 3.47. The van der Waals surface area contributed by atoms with Crippen molar-refractivity contribution in [1.82, 2.24) is 10.2 Å². The van der Waals surface area contributed by atoms with Gasteiger partial charge in [0, 0.05) is 18.2 Å². The Bertz CT molecular complexity index is 538. The summed E-state index contributed by atoms with van der Waals surface area (Å²) < 4.78 is 18.1. The first-order valence-electron chi connectivity index (χ1n) is 6.15. The number of carbonyl (C=O) groups excluding carboxylic acids is 2. The van der Waals surface area contributed by atoms with Gasteiger partial charge in [-0.05, 0) is 41.1 Å². The van der Waals surface area contributed by atoms with Gasteiger partial charge in [-0.1, -0.05) is 0 Å². The van der Waals surface area contributed by atoms with Gasteiger partial charge in [-0.15, -0.1) is 0 Å². The van der Waals surface area contributed by atoms with Crippen LogP contribution in [0.5, 0.6) is 0 Å². The normalized spacial score (nSPS) is 15.9. The maximum absolute atomic E-state index is 13.1. The number of ether oxygens (including phenoxy) is 1. The monoisotopic (exact) mass is 344 g/mol. The zero-order chi connectivity index (χ0) is 14.7. The molecule has 1 aromatic carbocycles. The molecule has 1 atom stereocenters. The molecule has 0 aliphatic carbocycles. The van der Waals surface area contributed by atoms with Crippen LogP contribution in [-0.4, -0.2) is 42.6 Å². The zero-order valence-corrected chi connectivity index (χ0v) is 12.4. The number of hydrogen-bond donors (Lipinski definition) is 1. The number of carbonyl (C=O) groups is 2. The number of rotatable bonds is 4. The van der Waals surface area contributed by atoms with Crippen molar-refractivity contribution in [3.05, 3.63) is 34.1 Å². The molecule has 0 spiro atoms. The summed E-state index contributed by atoms with van der Waals surface area (Å²) >= 11 is 3.03. The molecule has 1 aliphatic rings. The van der Waals surface area contributed by atoms with Crippen LogP contribution < -0.4 is 5.32 Å². The molecule has 0 bridgehead atoms. The molecular weight excluding hydrogens is 331 g/mol. The van der Waals surface area contributed by atoms with E-state index >= 15 is 0 Å². The van der Waals surface area contributed by atoms with Gasteiger partial charge in [0.2, 0.25) is 0 Å². The first-order valence-corrected chi connectivity index (χ1v) is 6.94. The third-order valence-corrected chi connectivity index (χ3v) is 3.51. The fourth-order valence-electron chi connectivity index (χ4n) is 1.91. The van der Waals surface area contributed by atoms with Gasteiger partial charge in [0.25, 0.3) is 5.91 Å². The molecule has 2 amide bonds. The highest BCUT2D eigenvalue weighted by molar-refractivity contribution is 9.10. The van der Waals surface area contributed by atoms with Gasteiger partial charge < -0.3 is 15.0 Å². The highest BCUT2D eigenvalue weighted by Crippen LogP contribution is 2.16. The fourth-order valence-corrected chi connectivity index (χ4v) is 2.29. The minimum Gasteiger partial charge on any atom is -0.448 e. The molecule has 0 saturated carbocycles. The van der Waals surface area contributed by atoms with E-state index in [0.717, 1.165) is 0 Å². The molecule has 1 aromatic rings. The highest BCUT2D eigenvalue weighted by Gasteiger charge is 2.24. The topological polar surface area (TPSA) is 58.6 Å². The van der Waals surface area contributed by atoms with Crippen molar-refractivity contribution in [3.63, 3.8) is 0 Å². The van der Waals surface area contributed by atoms with Gasteiger partial charge in [0.05, 0.1) is 11.0 Å². The Labute approximate surface area is 124 Å². The summed E-state index contributed by atoms with van der Waals surface area (Å²) in [6, 6.07) is 3.83. The molecule has 108 valence electrons. The number of benzene rings is 1. The Morgan fingerprint density at radius 2 is 2.35 bits per heavy atom. The van der Waals surface area contributed by atoms with Crippen molar-refractivity contribution in [2.45, 2.75) is 13.0 Å². The Kier molecular flexibility index (Phi) is 4.59. The predicted molar refractivity (Wildman–Crippen MR) is 73.9 cm³/mol. The largest absolute Gasteiger partial charge is 0.448 e. The van der Waals surface area contributed by atoms with E-state index in [4.69, 9.17) is 4.74 Å². The molecule has 0 aromatic heterocycles. The van der Waals surface area contributed by atoms with Crippen molar-refractivity contribution in [3.8, 4) is 0 Å². The maximum Gasteiger partial charge on any atom is 0.410 e. The van der Waals surface area contributed by atoms with Gasteiger partial charge in [-0.2, -0.15) is 0 Å². The maximum atomic E-state index is 13.1. The second-order valence-corrected chi connectivity index (χ2v) is 5.42. The van der Waals surface area contributed by atoms with Gasteiger partial charge in [-0.3, -0.25) is 4.79 Å². The van der Waals surface area contributed by atoms with Crippen LogP contribution in [0.3, 0.4) is 0 Å². The molecule has 0 radical (unpaired) electrons. The standard InChI is InChI=1S/C13H14BrFN2O3/c1-8(7-17-4-5-20-13(17)19)16-12(18)9-2-3-11(15)10(14)6-9/h2-3,6,8H,4-5,7H2,1H3,(H,16,18)/t8-/m1/s1. The Morgan fingerprint density at radius 1 is 1.60 bits per heavy atom. The Balaban J connectivity index is 1.93. The average Bonchev–Trinajstić information content (AvgIpc) is 2.78. The van der Waals surface area contributed by atoms with E-state index in [-0.39, 0.29) is 22.5 Å². The molecular formula is C13H14BrFN2O3. The number of halogens is 2. The lowest BCUT2D eigenvalue weighted by Crippen LogP contribution is -2.42. The van der Waals surface area contributed by atoms with Crippen LogP contribution in [0, 0.1) is 5.82 Å². The van der Waals surface area contributed by atoms with Crippen LogP contribution in [0.4, 0.5) is 9.18 Å². The van der Waals surface area contributed by atoms with E-state index in [1.54, 1.807) is 6.92 Å². The zero-order valence-electron chi connectivity index (χ0n) is 10.9. The SMILES string of the molecule is C[C@H](CN1CCOC1=O)NC(=O)c1ccc(F)c(Br)c1. The Morgan fingerprint density at radius 3 is 2.95 bits per heavy atom. The summed E-state index contributed by atoms with van der Waals surface area (Å²) in [5.41, 5.74) is 0.356. The molecule has 1 saturated heterocycles. The lowest BCUT2D eigenvalue weighted by atomic mass is 10.2. The van der Waals surface area contributed by atoms with E-state index in [2.05, 4.69) is 21.2 Å². The lowest BCUT2D eigenvalue weighted by molar-refractivity contribution is 0.0930. The quantitative estimate of drug-likeness (QED) is 0.910. The molecule has 7 heteroatoms. The smallest absolute Gasteiger partial charge is 0.410 e. The van der Waals surface area contributed by atoms with Crippen molar-refractivity contribution in [2.75, 3.05) is 19.7 Å². The molecule has 1 N–H and O–H groups in total. The molecule has 0 unspecified atom stereocenters. The van der Waals surface area contributed by atoms with Crippen LogP contribution in [0.15, 0.2) is 22.7 Å². The second-order valence-electron chi connectivity index (χ2n) is 4.56. The molecule has 1 heterocycles. The number of cyclic esters (lactones) is 1. The van der Waals surface area contributed by atoms with Crippen molar-refractivity contribution in [1.29, 1.82) is 0 Å². The van der Waals surface area contributed by atoms with E-state index in [0.29, 0.717) is 25.3 Å². The third-order valence-electron chi connectivity index (χ3n) is 2.90. The van der Waals surface area contributed by atoms with Crippen LogP contribution in [-0.2, 0) is 4.74 Å². The van der Waals surface area contributed by atoms with Crippen LogP contribution >= 0.6 is 15.9 Å². The number of hydrogen-bond acceptors (Lipinski definition) is 3. The van der Waals surface area contributed by atoms with Gasteiger partial charge in [-0.25, -0.2) is 9.18 Å². The lowest BCUT2D eigenvalue weighted by Gasteiger charge is -2.19. The van der Waals surface area contributed by atoms with E-state index in [1.807, 2.05) is 0 Å². The Hall–Kier alpha value is -1.63. The van der Waals surface area contributed by atoms with E-state index < -0.39 is 5.82 Å². The van der Waals surface area contributed by atoms with Crippen molar-refractivity contribution < 1.29 is 18.7 Å². The van der Waals surface area contributed by atoms with Gasteiger partial charge >= 0.3 is 6.09 Å². The summed E-state index contributed by atoms with van der Waals surface area (Å²) in [5.74, 6) is -0.736. The summed E-state index contributed by atoms with van der Waals surface area (Å²) in [6.45, 7) is 3.08. The predicted octanol–water partition coefficient (Wildman–Crippen LogP) is 2.16. The average molecular weight is 345 g/mol. The van der Waals surface area contributed by atoms with E-state index in [9.17, 15) is 14.0 Å². The van der Waals surface area contributed by atoms with Gasteiger partial charge in [0.1, 0.15) is 12.4 Å². The summed E-state index contributed by atoms with van der Waals surface area (Å²) in [5, 5.41) is 2.76. The summed E-state index contributed by atoms with van der Waals surface area (Å²) in [6.07, 6.45) is -0.365. The van der Waals surface area contributed by atoms with Crippen LogP contribution in [0.1, 0.15) is 17.3 Å². The van der Waals surface area contributed by atoms with Crippen LogP contribution in [0.2, 0.25) is 0 Å². The van der Waals surface area contributed by atoms with Crippen molar-refractivity contribution in [2.24, 2.45) is 0 Å². The number of amides is 2. The summed E-state index contributed by atoms with van der Waals surface area (Å²) in [7, 11) is 0. The first-order chi connectivity index (χ1) is 9.47. The minimum absolute atomic E-state index is 0.225. The molecule has 1 fully saturated rings. The van der Waals surface area contributed by atoms with Crippen molar-refractivity contribution >= 4 is 27.9 Å². The molecule has 5 nitrogen and oxygen atoms in total. The molecule has 20 heavy (non-hydrogen) atoms. The summed E-state index contributed by atoms with van der Waals surface area (Å²) in [4.78, 5) is 24.8. The number of nitrogens with one attached hydrogen (secondary N) is 1.